The van der Waals surface area contributed by atoms with Crippen LogP contribution in [-0.4, -0.2) is 16.3 Å². The number of aromatic nitrogens is 2. The van der Waals surface area contributed by atoms with E-state index in [1.165, 1.54) is 44.2 Å². The summed E-state index contributed by atoms with van der Waals surface area (Å²) in [6.45, 7) is 8.51. The molecule has 0 saturated heterocycles. The van der Waals surface area contributed by atoms with Crippen LogP contribution in [-0.2, 0) is 6.54 Å². The van der Waals surface area contributed by atoms with Gasteiger partial charge in [-0.3, -0.25) is 4.68 Å². The first-order valence-electron chi connectivity index (χ1n) is 8.23. The van der Waals surface area contributed by atoms with Crippen molar-refractivity contribution in [1.29, 1.82) is 0 Å². The van der Waals surface area contributed by atoms with E-state index in [1.807, 2.05) is 0 Å². The molecular formula is C17H29N3. The molecule has 0 amide bonds. The van der Waals surface area contributed by atoms with Crippen LogP contribution in [0.3, 0.4) is 0 Å². The monoisotopic (exact) mass is 275 g/mol. The van der Waals surface area contributed by atoms with Gasteiger partial charge in [0.25, 0.3) is 0 Å². The van der Waals surface area contributed by atoms with Gasteiger partial charge in [-0.1, -0.05) is 25.0 Å². The molecule has 1 atom stereocenters. The van der Waals surface area contributed by atoms with Crippen LogP contribution in [0.1, 0.15) is 69.8 Å². The number of nitrogens with one attached hydrogen (secondary N) is 1. The Hall–Kier alpha value is -1.09. The maximum Gasteiger partial charge on any atom is 0.0707 e. The van der Waals surface area contributed by atoms with E-state index in [9.17, 15) is 0 Å². The Morgan fingerprint density at radius 2 is 2.15 bits per heavy atom. The van der Waals surface area contributed by atoms with Gasteiger partial charge in [-0.15, -0.1) is 0 Å². The van der Waals surface area contributed by atoms with Crippen LogP contribution in [0.15, 0.2) is 17.7 Å². The van der Waals surface area contributed by atoms with Gasteiger partial charge in [-0.2, -0.15) is 5.10 Å². The van der Waals surface area contributed by atoms with Gasteiger partial charge in [0.2, 0.25) is 0 Å². The Kier molecular flexibility index (Phi) is 5.84. The topological polar surface area (TPSA) is 29.9 Å². The second-order valence-electron chi connectivity index (χ2n) is 5.79. The van der Waals surface area contributed by atoms with Crippen molar-refractivity contribution in [3.05, 3.63) is 29.1 Å². The fourth-order valence-corrected chi connectivity index (χ4v) is 3.07. The van der Waals surface area contributed by atoms with E-state index in [1.54, 1.807) is 5.57 Å². The predicted octanol–water partition coefficient (Wildman–Crippen LogP) is 4.14. The van der Waals surface area contributed by atoms with Gasteiger partial charge in [0.1, 0.15) is 0 Å². The molecule has 20 heavy (non-hydrogen) atoms. The maximum absolute atomic E-state index is 4.63. The van der Waals surface area contributed by atoms with Gasteiger partial charge >= 0.3 is 0 Å². The standard InChI is InChI=1S/C17H29N3/c1-4-12-18-17(15-10-8-6-7-9-11-15)16-13-14(3)19-20(16)5-2/h10,13,17-18H,4-9,11-12H2,1-3H3. The van der Waals surface area contributed by atoms with E-state index in [0.717, 1.165) is 18.8 Å². The third-order valence-electron chi connectivity index (χ3n) is 4.07. The van der Waals surface area contributed by atoms with E-state index in [0.29, 0.717) is 6.04 Å². The first kappa shape index (κ1) is 15.3. The summed E-state index contributed by atoms with van der Waals surface area (Å²) in [7, 11) is 0. The summed E-state index contributed by atoms with van der Waals surface area (Å²) >= 11 is 0. The fraction of sp³-hybridized carbons (Fsp3) is 0.706. The fourth-order valence-electron chi connectivity index (χ4n) is 3.07. The van der Waals surface area contributed by atoms with Crippen molar-refractivity contribution in [3.63, 3.8) is 0 Å². The quantitative estimate of drug-likeness (QED) is 0.791. The third kappa shape index (κ3) is 3.72. The van der Waals surface area contributed by atoms with E-state index in [2.05, 4.69) is 48.0 Å². The van der Waals surface area contributed by atoms with Crippen molar-refractivity contribution in [1.82, 2.24) is 15.1 Å². The summed E-state index contributed by atoms with van der Waals surface area (Å²) in [6.07, 6.45) is 10.2. The molecule has 3 nitrogen and oxygen atoms in total. The normalized spacial score (nSPS) is 17.6. The van der Waals surface area contributed by atoms with Crippen molar-refractivity contribution in [2.75, 3.05) is 6.54 Å². The number of nitrogens with zero attached hydrogens (tertiary/aromatic N) is 2. The van der Waals surface area contributed by atoms with Crippen molar-refractivity contribution in [3.8, 4) is 0 Å². The summed E-state index contributed by atoms with van der Waals surface area (Å²) in [4.78, 5) is 0. The smallest absolute Gasteiger partial charge is 0.0707 e. The minimum absolute atomic E-state index is 0.356. The van der Waals surface area contributed by atoms with Crippen LogP contribution in [0.4, 0.5) is 0 Å². The molecule has 0 aromatic carbocycles. The highest BCUT2D eigenvalue weighted by Crippen LogP contribution is 2.29. The molecule has 0 aliphatic heterocycles. The highest BCUT2D eigenvalue weighted by atomic mass is 15.3. The molecule has 0 bridgehead atoms. The zero-order valence-corrected chi connectivity index (χ0v) is 13.3. The lowest BCUT2D eigenvalue weighted by molar-refractivity contribution is 0.510. The Labute approximate surface area is 123 Å². The summed E-state index contributed by atoms with van der Waals surface area (Å²) in [5.41, 5.74) is 4.04. The van der Waals surface area contributed by atoms with Crippen molar-refractivity contribution < 1.29 is 0 Å². The molecule has 1 aliphatic carbocycles. The van der Waals surface area contributed by atoms with E-state index < -0.39 is 0 Å². The molecule has 0 radical (unpaired) electrons. The number of hydrogen-bond acceptors (Lipinski definition) is 2. The molecule has 0 fully saturated rings. The van der Waals surface area contributed by atoms with Crippen LogP contribution in [0.2, 0.25) is 0 Å². The Morgan fingerprint density at radius 1 is 1.30 bits per heavy atom. The summed E-state index contributed by atoms with van der Waals surface area (Å²) < 4.78 is 2.16. The molecule has 1 aliphatic rings. The molecule has 2 rings (SSSR count). The molecule has 0 spiro atoms. The minimum Gasteiger partial charge on any atom is -0.305 e. The third-order valence-corrected chi connectivity index (χ3v) is 4.07. The number of rotatable bonds is 6. The molecule has 3 heteroatoms. The molecule has 1 unspecified atom stereocenters. The van der Waals surface area contributed by atoms with Crippen LogP contribution in [0, 0.1) is 6.92 Å². The molecule has 1 aromatic heterocycles. The first-order chi connectivity index (χ1) is 9.76. The van der Waals surface area contributed by atoms with E-state index in [4.69, 9.17) is 0 Å². The summed E-state index contributed by atoms with van der Waals surface area (Å²) in [6, 6.07) is 2.61. The molecule has 1 heterocycles. The highest BCUT2D eigenvalue weighted by molar-refractivity contribution is 5.25. The lowest BCUT2D eigenvalue weighted by atomic mass is 9.98. The second-order valence-corrected chi connectivity index (χ2v) is 5.79. The Balaban J connectivity index is 2.27. The van der Waals surface area contributed by atoms with Crippen molar-refractivity contribution >= 4 is 0 Å². The van der Waals surface area contributed by atoms with Gasteiger partial charge in [0, 0.05) is 6.54 Å². The predicted molar refractivity (Wildman–Crippen MR) is 84.8 cm³/mol. The minimum atomic E-state index is 0.356. The van der Waals surface area contributed by atoms with Crippen LogP contribution in [0.5, 0.6) is 0 Å². The van der Waals surface area contributed by atoms with Crippen LogP contribution >= 0.6 is 0 Å². The zero-order valence-electron chi connectivity index (χ0n) is 13.3. The van der Waals surface area contributed by atoms with Crippen LogP contribution in [0.25, 0.3) is 0 Å². The van der Waals surface area contributed by atoms with Crippen molar-refractivity contribution in [2.24, 2.45) is 0 Å². The van der Waals surface area contributed by atoms with Gasteiger partial charge in [-0.05, 0) is 58.6 Å². The summed E-state index contributed by atoms with van der Waals surface area (Å²) in [5, 5.41) is 8.37. The highest BCUT2D eigenvalue weighted by Gasteiger charge is 2.21. The largest absolute Gasteiger partial charge is 0.305 e. The number of aryl methyl sites for hydroxylation is 2. The lowest BCUT2D eigenvalue weighted by Gasteiger charge is -2.22. The van der Waals surface area contributed by atoms with Crippen molar-refractivity contribution in [2.45, 2.75) is 71.9 Å². The second kappa shape index (κ2) is 7.63. The molecule has 1 N–H and O–H groups in total. The van der Waals surface area contributed by atoms with Gasteiger partial charge in [-0.25, -0.2) is 0 Å². The van der Waals surface area contributed by atoms with Gasteiger partial charge in [0.05, 0.1) is 17.4 Å². The van der Waals surface area contributed by atoms with E-state index >= 15 is 0 Å². The molecule has 1 aromatic rings. The van der Waals surface area contributed by atoms with Crippen LogP contribution < -0.4 is 5.32 Å². The molecule has 112 valence electrons. The SMILES string of the molecule is CCCNC(C1=CCCCCC1)c1cc(C)nn1CC. The average molecular weight is 275 g/mol. The molecule has 0 saturated carbocycles. The average Bonchev–Trinajstić information content (AvgIpc) is 2.66. The zero-order chi connectivity index (χ0) is 14.4. The molecular weight excluding hydrogens is 246 g/mol. The van der Waals surface area contributed by atoms with E-state index in [-0.39, 0.29) is 0 Å². The number of hydrogen-bond donors (Lipinski definition) is 1. The van der Waals surface area contributed by atoms with Gasteiger partial charge in [0.15, 0.2) is 0 Å². The lowest BCUT2D eigenvalue weighted by Crippen LogP contribution is -2.26. The number of allylic oxidation sites excluding steroid dienone is 1. The van der Waals surface area contributed by atoms with Gasteiger partial charge < -0.3 is 5.32 Å². The Bertz CT molecular complexity index is 445. The Morgan fingerprint density at radius 3 is 2.90 bits per heavy atom. The summed E-state index contributed by atoms with van der Waals surface area (Å²) in [5.74, 6) is 0. The maximum atomic E-state index is 4.63. The first-order valence-corrected chi connectivity index (χ1v) is 8.23.